The maximum absolute atomic E-state index is 12.6. The lowest BCUT2D eigenvalue weighted by Crippen LogP contribution is -2.40. The molecule has 140 valence electrons. The molecule has 0 radical (unpaired) electrons. The second kappa shape index (κ2) is 8.03. The van der Waals surface area contributed by atoms with Crippen LogP contribution in [0.3, 0.4) is 0 Å². The number of carbonyl (C=O) groups excluding carboxylic acids is 1. The summed E-state index contributed by atoms with van der Waals surface area (Å²) in [4.78, 5) is 15.1. The molecular formula is C18H23N3O4S. The Balaban J connectivity index is 1.60. The smallest absolute Gasteiger partial charge is 0.267 e. The summed E-state index contributed by atoms with van der Waals surface area (Å²) in [5, 5.41) is 2.82. The van der Waals surface area contributed by atoms with Gasteiger partial charge in [-0.05, 0) is 30.5 Å². The van der Waals surface area contributed by atoms with Gasteiger partial charge in [0.2, 0.25) is 10.0 Å². The zero-order chi connectivity index (χ0) is 18.6. The second-order valence-corrected chi connectivity index (χ2v) is 8.14. The average Bonchev–Trinajstić information content (AvgIpc) is 3.15. The first kappa shape index (κ1) is 18.6. The molecule has 0 unspecified atom stereocenters. The number of ether oxygens (including phenoxy) is 1. The fraction of sp³-hybridized carbons (Fsp3) is 0.389. The molecule has 2 N–H and O–H groups in total. The van der Waals surface area contributed by atoms with Gasteiger partial charge in [0, 0.05) is 25.8 Å². The van der Waals surface area contributed by atoms with Crippen molar-refractivity contribution in [2.45, 2.75) is 18.2 Å². The summed E-state index contributed by atoms with van der Waals surface area (Å²) in [6.07, 6.45) is 2.08. The summed E-state index contributed by atoms with van der Waals surface area (Å²) >= 11 is 0. The second-order valence-electron chi connectivity index (χ2n) is 6.20. The number of morpholine rings is 1. The third-order valence-corrected chi connectivity index (χ3v) is 6.33. The van der Waals surface area contributed by atoms with E-state index in [1.807, 2.05) is 31.2 Å². The summed E-state index contributed by atoms with van der Waals surface area (Å²) in [7, 11) is -3.60. The molecule has 2 heterocycles. The van der Waals surface area contributed by atoms with E-state index in [1.54, 1.807) is 0 Å². The largest absolute Gasteiger partial charge is 0.379 e. The summed E-state index contributed by atoms with van der Waals surface area (Å²) in [6, 6.07) is 9.40. The molecular weight excluding hydrogens is 354 g/mol. The van der Waals surface area contributed by atoms with Gasteiger partial charge >= 0.3 is 0 Å². The number of hydrogen-bond donors (Lipinski definition) is 2. The van der Waals surface area contributed by atoms with E-state index in [0.717, 1.165) is 6.42 Å². The molecule has 0 saturated carbocycles. The van der Waals surface area contributed by atoms with Crippen LogP contribution in [0.1, 0.15) is 21.6 Å². The molecule has 0 bridgehead atoms. The van der Waals surface area contributed by atoms with Crippen molar-refractivity contribution >= 4 is 15.9 Å². The van der Waals surface area contributed by atoms with Crippen LogP contribution in [0, 0.1) is 6.92 Å². The molecule has 1 aromatic carbocycles. The molecule has 1 amide bonds. The molecule has 1 aliphatic heterocycles. The van der Waals surface area contributed by atoms with Gasteiger partial charge in [0.25, 0.3) is 5.91 Å². The molecule has 1 fully saturated rings. The van der Waals surface area contributed by atoms with Crippen LogP contribution in [-0.4, -0.2) is 56.5 Å². The van der Waals surface area contributed by atoms with Crippen molar-refractivity contribution in [3.05, 3.63) is 53.3 Å². The normalized spacial score (nSPS) is 15.7. The predicted octanol–water partition coefficient (Wildman–Crippen LogP) is 1.32. The minimum absolute atomic E-state index is 0.100. The first-order valence-electron chi connectivity index (χ1n) is 8.57. The Kier molecular flexibility index (Phi) is 5.75. The van der Waals surface area contributed by atoms with Crippen LogP contribution >= 0.6 is 0 Å². The Bertz CT molecular complexity index is 870. The summed E-state index contributed by atoms with van der Waals surface area (Å²) in [6.45, 7) is 3.93. The van der Waals surface area contributed by atoms with E-state index in [1.165, 1.54) is 27.7 Å². The number of nitrogens with zero attached hydrogens (tertiary/aromatic N) is 1. The molecule has 2 aromatic rings. The van der Waals surface area contributed by atoms with E-state index < -0.39 is 10.0 Å². The van der Waals surface area contributed by atoms with Gasteiger partial charge in [-0.1, -0.05) is 24.3 Å². The van der Waals surface area contributed by atoms with Crippen molar-refractivity contribution in [1.29, 1.82) is 0 Å². The first-order valence-corrected chi connectivity index (χ1v) is 10.0. The van der Waals surface area contributed by atoms with Gasteiger partial charge in [0.15, 0.2) is 0 Å². The number of hydrogen-bond acceptors (Lipinski definition) is 4. The van der Waals surface area contributed by atoms with Gasteiger partial charge in [-0.25, -0.2) is 8.42 Å². The highest BCUT2D eigenvalue weighted by molar-refractivity contribution is 7.89. The van der Waals surface area contributed by atoms with Crippen molar-refractivity contribution in [3.63, 3.8) is 0 Å². The highest BCUT2D eigenvalue weighted by atomic mass is 32.2. The molecule has 8 heteroatoms. The number of benzene rings is 1. The van der Waals surface area contributed by atoms with Gasteiger partial charge in [0.1, 0.15) is 10.6 Å². The van der Waals surface area contributed by atoms with E-state index >= 15 is 0 Å². The lowest BCUT2D eigenvalue weighted by Gasteiger charge is -2.25. The summed E-state index contributed by atoms with van der Waals surface area (Å²) < 4.78 is 31.7. The van der Waals surface area contributed by atoms with Crippen LogP contribution in [0.25, 0.3) is 0 Å². The van der Waals surface area contributed by atoms with Crippen molar-refractivity contribution in [2.75, 3.05) is 32.8 Å². The van der Waals surface area contributed by atoms with Crippen LogP contribution in [-0.2, 0) is 21.2 Å². The van der Waals surface area contributed by atoms with Gasteiger partial charge in [-0.2, -0.15) is 4.31 Å². The van der Waals surface area contributed by atoms with E-state index in [0.29, 0.717) is 32.8 Å². The quantitative estimate of drug-likeness (QED) is 0.794. The predicted molar refractivity (Wildman–Crippen MR) is 97.6 cm³/mol. The third kappa shape index (κ3) is 4.14. The Hall–Kier alpha value is -2.16. The number of H-pyrrole nitrogens is 1. The maximum Gasteiger partial charge on any atom is 0.267 e. The minimum atomic E-state index is -3.60. The van der Waals surface area contributed by atoms with Gasteiger partial charge < -0.3 is 15.0 Å². The fourth-order valence-electron chi connectivity index (χ4n) is 2.89. The van der Waals surface area contributed by atoms with Crippen LogP contribution < -0.4 is 5.32 Å². The van der Waals surface area contributed by atoms with Gasteiger partial charge in [0.05, 0.1) is 13.2 Å². The zero-order valence-electron chi connectivity index (χ0n) is 14.7. The van der Waals surface area contributed by atoms with Crippen molar-refractivity contribution in [1.82, 2.24) is 14.6 Å². The van der Waals surface area contributed by atoms with E-state index in [4.69, 9.17) is 4.74 Å². The Morgan fingerprint density at radius 1 is 1.27 bits per heavy atom. The fourth-order valence-corrected chi connectivity index (χ4v) is 4.29. The molecule has 1 saturated heterocycles. The van der Waals surface area contributed by atoms with E-state index in [-0.39, 0.29) is 16.5 Å². The van der Waals surface area contributed by atoms with Gasteiger partial charge in [-0.3, -0.25) is 4.79 Å². The van der Waals surface area contributed by atoms with E-state index in [9.17, 15) is 13.2 Å². The number of carbonyl (C=O) groups is 1. The molecule has 0 spiro atoms. The molecule has 1 aliphatic rings. The zero-order valence-corrected chi connectivity index (χ0v) is 15.5. The first-order chi connectivity index (χ1) is 12.5. The van der Waals surface area contributed by atoms with Crippen LogP contribution in [0.4, 0.5) is 0 Å². The maximum atomic E-state index is 12.6. The highest BCUT2D eigenvalue weighted by Gasteiger charge is 2.27. The number of aryl methyl sites for hydroxylation is 1. The molecule has 0 aliphatic carbocycles. The molecule has 1 aromatic heterocycles. The number of aromatic nitrogens is 1. The standard InChI is InChI=1S/C18H23N3O4S/c1-14-4-2-3-5-15(14)6-7-19-18(22)17-12-16(13-20-17)26(23,24)21-8-10-25-11-9-21/h2-5,12-13,20H,6-11H2,1H3,(H,19,22). The Morgan fingerprint density at radius 3 is 2.73 bits per heavy atom. The SMILES string of the molecule is Cc1ccccc1CCNC(=O)c1cc(S(=O)(=O)N2CCOCC2)c[nH]1. The Morgan fingerprint density at radius 2 is 2.00 bits per heavy atom. The molecule has 0 atom stereocenters. The number of nitrogens with one attached hydrogen (secondary N) is 2. The van der Waals surface area contributed by atoms with Crippen LogP contribution in [0.2, 0.25) is 0 Å². The lowest BCUT2D eigenvalue weighted by atomic mass is 10.1. The number of rotatable bonds is 6. The number of aromatic amines is 1. The molecule has 26 heavy (non-hydrogen) atoms. The lowest BCUT2D eigenvalue weighted by molar-refractivity contribution is 0.0730. The van der Waals surface area contributed by atoms with E-state index in [2.05, 4.69) is 10.3 Å². The van der Waals surface area contributed by atoms with Crippen LogP contribution in [0.5, 0.6) is 0 Å². The number of sulfonamides is 1. The summed E-state index contributed by atoms with van der Waals surface area (Å²) in [5.41, 5.74) is 2.59. The molecule has 7 nitrogen and oxygen atoms in total. The Labute approximate surface area is 153 Å². The van der Waals surface area contributed by atoms with Crippen molar-refractivity contribution in [3.8, 4) is 0 Å². The minimum Gasteiger partial charge on any atom is -0.379 e. The summed E-state index contributed by atoms with van der Waals surface area (Å²) in [5.74, 6) is -0.318. The highest BCUT2D eigenvalue weighted by Crippen LogP contribution is 2.18. The van der Waals surface area contributed by atoms with Gasteiger partial charge in [-0.15, -0.1) is 0 Å². The number of amides is 1. The van der Waals surface area contributed by atoms with Crippen molar-refractivity contribution in [2.24, 2.45) is 0 Å². The monoisotopic (exact) mass is 377 g/mol. The van der Waals surface area contributed by atoms with Crippen molar-refractivity contribution < 1.29 is 17.9 Å². The molecule has 3 rings (SSSR count). The average molecular weight is 377 g/mol. The topological polar surface area (TPSA) is 91.5 Å². The third-order valence-electron chi connectivity index (χ3n) is 4.45. The van der Waals surface area contributed by atoms with Crippen LogP contribution in [0.15, 0.2) is 41.4 Å².